The van der Waals surface area contributed by atoms with Gasteiger partial charge in [0.15, 0.2) is 0 Å². The van der Waals surface area contributed by atoms with E-state index in [-0.39, 0.29) is 12.0 Å². The number of aromatic nitrogens is 2. The molecule has 1 aliphatic rings. The molecule has 2 heterocycles. The first-order chi connectivity index (χ1) is 11.8. The summed E-state index contributed by atoms with van der Waals surface area (Å²) < 4.78 is 15.5. The van der Waals surface area contributed by atoms with E-state index in [0.717, 1.165) is 33.7 Å². The molecule has 0 bridgehead atoms. The van der Waals surface area contributed by atoms with E-state index in [1.165, 1.54) is 12.1 Å². The predicted molar refractivity (Wildman–Crippen MR) is 93.3 cm³/mol. The Balaban J connectivity index is 1.81. The first-order valence-corrected chi connectivity index (χ1v) is 7.90. The van der Waals surface area contributed by atoms with Crippen LogP contribution in [0.2, 0.25) is 0 Å². The average Bonchev–Trinajstić information content (AvgIpc) is 3.02. The SMILES string of the molecule is Fc1ccc([C@@H]2Nc3ccccc3-c3nc4ccccc4n32)cc1. The predicted octanol–water partition coefficient (Wildman–Crippen LogP) is 4.81. The molecule has 116 valence electrons. The van der Waals surface area contributed by atoms with Crippen molar-refractivity contribution in [1.29, 1.82) is 0 Å². The molecule has 0 aliphatic carbocycles. The highest BCUT2D eigenvalue weighted by molar-refractivity contribution is 5.86. The number of rotatable bonds is 1. The Labute approximate surface area is 138 Å². The zero-order valence-corrected chi connectivity index (χ0v) is 12.8. The van der Waals surface area contributed by atoms with Crippen LogP contribution in [0, 0.1) is 5.82 Å². The number of hydrogen-bond acceptors (Lipinski definition) is 2. The summed E-state index contributed by atoms with van der Waals surface area (Å²) in [6.07, 6.45) is -0.122. The van der Waals surface area contributed by atoms with Crippen molar-refractivity contribution in [1.82, 2.24) is 9.55 Å². The molecular formula is C20H14FN3. The lowest BCUT2D eigenvalue weighted by molar-refractivity contribution is 0.621. The van der Waals surface area contributed by atoms with Crippen molar-refractivity contribution in [2.24, 2.45) is 0 Å². The fraction of sp³-hybridized carbons (Fsp3) is 0.0500. The fourth-order valence-electron chi connectivity index (χ4n) is 3.39. The fourth-order valence-corrected chi connectivity index (χ4v) is 3.39. The molecular weight excluding hydrogens is 301 g/mol. The van der Waals surface area contributed by atoms with E-state index in [9.17, 15) is 4.39 Å². The Morgan fingerprint density at radius 1 is 0.875 bits per heavy atom. The minimum atomic E-state index is -0.231. The molecule has 3 aromatic carbocycles. The summed E-state index contributed by atoms with van der Waals surface area (Å²) in [7, 11) is 0. The van der Waals surface area contributed by atoms with Gasteiger partial charge in [-0.15, -0.1) is 0 Å². The van der Waals surface area contributed by atoms with E-state index in [1.54, 1.807) is 0 Å². The van der Waals surface area contributed by atoms with Crippen molar-refractivity contribution in [3.8, 4) is 11.4 Å². The van der Waals surface area contributed by atoms with Gasteiger partial charge in [0.1, 0.15) is 17.8 Å². The third kappa shape index (κ3) is 1.86. The topological polar surface area (TPSA) is 29.9 Å². The second kappa shape index (κ2) is 4.93. The van der Waals surface area contributed by atoms with Gasteiger partial charge in [-0.3, -0.25) is 4.57 Å². The maximum Gasteiger partial charge on any atom is 0.145 e. The number of anilines is 1. The highest BCUT2D eigenvalue weighted by Crippen LogP contribution is 2.40. The molecule has 4 heteroatoms. The van der Waals surface area contributed by atoms with Crippen molar-refractivity contribution in [3.05, 3.63) is 84.2 Å². The Kier molecular flexibility index (Phi) is 2.73. The Hall–Kier alpha value is -3.14. The molecule has 0 saturated carbocycles. The van der Waals surface area contributed by atoms with E-state index in [0.29, 0.717) is 0 Å². The Bertz CT molecular complexity index is 1050. The second-order valence-electron chi connectivity index (χ2n) is 5.94. The van der Waals surface area contributed by atoms with Crippen LogP contribution in [0.15, 0.2) is 72.8 Å². The lowest BCUT2D eigenvalue weighted by atomic mass is 10.1. The summed E-state index contributed by atoms with van der Waals surface area (Å²) in [5.74, 6) is 0.700. The number of fused-ring (bicyclic) bond motifs is 5. The van der Waals surface area contributed by atoms with Crippen molar-refractivity contribution < 1.29 is 4.39 Å². The first kappa shape index (κ1) is 13.3. The molecule has 1 N–H and O–H groups in total. The number of nitrogens with zero attached hydrogens (tertiary/aromatic N) is 2. The summed E-state index contributed by atoms with van der Waals surface area (Å²) in [5.41, 5.74) is 5.12. The molecule has 0 spiro atoms. The summed E-state index contributed by atoms with van der Waals surface area (Å²) in [5, 5.41) is 3.57. The standard InChI is InChI=1S/C20H14FN3/c21-14-11-9-13(10-12-14)19-22-16-6-2-1-5-15(16)20-23-17-7-3-4-8-18(17)24(19)20/h1-12,19,22H/t19-/m1/s1. The van der Waals surface area contributed by atoms with Crippen molar-refractivity contribution in [3.63, 3.8) is 0 Å². The van der Waals surface area contributed by atoms with E-state index >= 15 is 0 Å². The van der Waals surface area contributed by atoms with Gasteiger partial charge < -0.3 is 5.32 Å². The van der Waals surface area contributed by atoms with Gasteiger partial charge in [0, 0.05) is 11.3 Å². The molecule has 0 radical (unpaired) electrons. The highest BCUT2D eigenvalue weighted by atomic mass is 19.1. The Morgan fingerprint density at radius 2 is 1.62 bits per heavy atom. The number of halogens is 1. The molecule has 1 aliphatic heterocycles. The summed E-state index contributed by atoms with van der Waals surface area (Å²) in [4.78, 5) is 4.84. The summed E-state index contributed by atoms with van der Waals surface area (Å²) in [6.45, 7) is 0. The van der Waals surface area contributed by atoms with Crippen LogP contribution in [-0.2, 0) is 0 Å². The average molecular weight is 315 g/mol. The maximum atomic E-state index is 13.3. The molecule has 0 fully saturated rings. The maximum absolute atomic E-state index is 13.3. The van der Waals surface area contributed by atoms with E-state index < -0.39 is 0 Å². The lowest BCUT2D eigenvalue weighted by Gasteiger charge is -2.30. The van der Waals surface area contributed by atoms with Crippen LogP contribution in [0.4, 0.5) is 10.1 Å². The molecule has 5 rings (SSSR count). The zero-order valence-electron chi connectivity index (χ0n) is 12.8. The number of benzene rings is 3. The van der Waals surface area contributed by atoms with Gasteiger partial charge in [0.05, 0.1) is 11.0 Å². The highest BCUT2D eigenvalue weighted by Gasteiger charge is 2.27. The van der Waals surface area contributed by atoms with E-state index in [2.05, 4.69) is 28.1 Å². The lowest BCUT2D eigenvalue weighted by Crippen LogP contribution is -2.24. The molecule has 0 amide bonds. The van der Waals surface area contributed by atoms with E-state index in [1.807, 2.05) is 42.5 Å². The number of imidazole rings is 1. The number of para-hydroxylation sites is 3. The molecule has 1 aromatic heterocycles. The zero-order chi connectivity index (χ0) is 16.1. The monoisotopic (exact) mass is 315 g/mol. The molecule has 0 unspecified atom stereocenters. The third-order valence-corrected chi connectivity index (χ3v) is 4.50. The Morgan fingerprint density at radius 3 is 2.50 bits per heavy atom. The molecule has 1 atom stereocenters. The van der Waals surface area contributed by atoms with Crippen LogP contribution in [-0.4, -0.2) is 9.55 Å². The van der Waals surface area contributed by atoms with Crippen molar-refractivity contribution >= 4 is 16.7 Å². The first-order valence-electron chi connectivity index (χ1n) is 7.90. The largest absolute Gasteiger partial charge is 0.361 e. The molecule has 0 saturated heterocycles. The van der Waals surface area contributed by atoms with Crippen LogP contribution in [0.5, 0.6) is 0 Å². The molecule has 24 heavy (non-hydrogen) atoms. The van der Waals surface area contributed by atoms with Crippen LogP contribution in [0.1, 0.15) is 11.7 Å². The van der Waals surface area contributed by atoms with Crippen LogP contribution < -0.4 is 5.32 Å². The van der Waals surface area contributed by atoms with Crippen LogP contribution in [0.3, 0.4) is 0 Å². The molecule has 3 nitrogen and oxygen atoms in total. The van der Waals surface area contributed by atoms with Crippen LogP contribution >= 0.6 is 0 Å². The minimum absolute atomic E-state index is 0.122. The number of nitrogens with one attached hydrogen (secondary N) is 1. The minimum Gasteiger partial charge on any atom is -0.361 e. The smallest absolute Gasteiger partial charge is 0.145 e. The summed E-state index contributed by atoms with van der Waals surface area (Å²) >= 11 is 0. The van der Waals surface area contributed by atoms with Gasteiger partial charge in [-0.05, 0) is 42.0 Å². The van der Waals surface area contributed by atoms with E-state index in [4.69, 9.17) is 4.98 Å². The third-order valence-electron chi connectivity index (χ3n) is 4.50. The van der Waals surface area contributed by atoms with Crippen molar-refractivity contribution in [2.45, 2.75) is 6.17 Å². The van der Waals surface area contributed by atoms with Gasteiger partial charge in [-0.1, -0.05) is 36.4 Å². The van der Waals surface area contributed by atoms with Gasteiger partial charge >= 0.3 is 0 Å². The number of hydrogen-bond donors (Lipinski definition) is 1. The van der Waals surface area contributed by atoms with Gasteiger partial charge in [-0.25, -0.2) is 9.37 Å². The normalized spacial score (nSPS) is 15.6. The molecule has 4 aromatic rings. The van der Waals surface area contributed by atoms with Gasteiger partial charge in [0.2, 0.25) is 0 Å². The quantitative estimate of drug-likeness (QED) is 0.546. The summed E-state index contributed by atoms with van der Waals surface area (Å²) in [6, 6.07) is 22.9. The van der Waals surface area contributed by atoms with Gasteiger partial charge in [-0.2, -0.15) is 0 Å². The second-order valence-corrected chi connectivity index (χ2v) is 5.94. The van der Waals surface area contributed by atoms with Crippen LogP contribution in [0.25, 0.3) is 22.4 Å². The van der Waals surface area contributed by atoms with Gasteiger partial charge in [0.25, 0.3) is 0 Å². The van der Waals surface area contributed by atoms with Crippen molar-refractivity contribution in [2.75, 3.05) is 5.32 Å².